The van der Waals surface area contributed by atoms with Gasteiger partial charge in [-0.3, -0.25) is 9.69 Å². The Morgan fingerprint density at radius 3 is 2.13 bits per heavy atom. The number of amides is 5. The molecule has 7 atom stereocenters. The molecule has 0 unspecified atom stereocenters. The van der Waals surface area contributed by atoms with Crippen LogP contribution < -0.4 is 19.5 Å². The van der Waals surface area contributed by atoms with E-state index in [2.05, 4.69) is 58.7 Å². The van der Waals surface area contributed by atoms with Gasteiger partial charge in [-0.25, -0.2) is 0 Å². The molecule has 342 valence electrons. The van der Waals surface area contributed by atoms with Gasteiger partial charge >= 0.3 is 259 Å². The summed E-state index contributed by atoms with van der Waals surface area (Å²) in [6.45, 7) is 25.1. The van der Waals surface area contributed by atoms with Gasteiger partial charge in [0.05, 0.1) is 0 Å². The van der Waals surface area contributed by atoms with Gasteiger partial charge in [0, 0.05) is 18.5 Å². The second-order valence-electron chi connectivity index (χ2n) is 21.6. The number of nitrogens with zero attached hydrogens (tertiary/aromatic N) is 3. The van der Waals surface area contributed by atoms with Crippen LogP contribution in [-0.4, -0.2) is 125 Å². The van der Waals surface area contributed by atoms with E-state index in [4.69, 9.17) is 0 Å². The number of piperidine rings is 1. The number of carbonyl (C=O) groups is 5. The van der Waals surface area contributed by atoms with E-state index in [9.17, 15) is 22.3 Å². The van der Waals surface area contributed by atoms with Crippen LogP contribution in [0.4, 0.5) is 0 Å². The van der Waals surface area contributed by atoms with E-state index in [0.717, 1.165) is 83.6 Å². The van der Waals surface area contributed by atoms with Crippen molar-refractivity contribution in [1.82, 2.24) is 32.4 Å². The molecule has 0 radical (unpaired) electrons. The third-order valence-electron chi connectivity index (χ3n) is 16.7. The molecule has 6 fully saturated rings. The fraction of sp³-hybridized carbons (Fsp3) is 0.851. The molecular weight excluding hydrogens is 877 g/mol. The number of likely N-dealkylation sites (tertiary alicyclic amines) is 2. The van der Waals surface area contributed by atoms with E-state index in [1.54, 1.807) is 11.0 Å². The first kappa shape index (κ1) is 48.1. The molecule has 4 N–H and O–H groups in total. The van der Waals surface area contributed by atoms with E-state index in [1.165, 1.54) is 0 Å². The van der Waals surface area contributed by atoms with E-state index in [1.807, 2.05) is 37.7 Å². The average molecular weight is 957 g/mol. The van der Waals surface area contributed by atoms with E-state index in [0.29, 0.717) is 44.9 Å². The van der Waals surface area contributed by atoms with E-state index < -0.39 is 61.2 Å². The monoisotopic (exact) mass is 958 g/mol. The van der Waals surface area contributed by atoms with Crippen molar-refractivity contribution in [3.8, 4) is 0 Å². The zero-order valence-electron chi connectivity index (χ0n) is 39.1. The van der Waals surface area contributed by atoms with Gasteiger partial charge in [-0.2, -0.15) is 0 Å². The molecule has 2 heterocycles. The molecule has 6 aliphatic rings. The van der Waals surface area contributed by atoms with Crippen molar-refractivity contribution in [3.63, 3.8) is 0 Å². The summed E-state index contributed by atoms with van der Waals surface area (Å²) in [7, 11) is 0. The SMILES string of the molecule is C=C[C@@H]1C[C@]1(NC(=O)[C@@H]1C[C@@]2(CN1C(=O)[C@@H](NC(=O)[C@@H](NC(=O)C[C@@H]1CCCCN1C(C)C)C1CCCCC1)C(C)(C)C)C(C)(C)C21CCC1)C(=O)[NH][Sn](=[O])[N](CC)CCC. The molecule has 2 saturated heterocycles. The summed E-state index contributed by atoms with van der Waals surface area (Å²) >= 11 is -3.73. The van der Waals surface area contributed by atoms with Crippen molar-refractivity contribution < 1.29 is 27.0 Å². The molecule has 2 aliphatic heterocycles. The van der Waals surface area contributed by atoms with Crippen LogP contribution >= 0.6 is 0 Å². The minimum atomic E-state index is -3.73. The Morgan fingerprint density at radius 1 is 0.918 bits per heavy atom. The summed E-state index contributed by atoms with van der Waals surface area (Å²) < 4.78 is 18.1. The van der Waals surface area contributed by atoms with Gasteiger partial charge in [-0.15, -0.1) is 0 Å². The Labute approximate surface area is 374 Å². The summed E-state index contributed by atoms with van der Waals surface area (Å²) in [5, 5.41) is 9.49. The summed E-state index contributed by atoms with van der Waals surface area (Å²) in [4.78, 5) is 76.8. The van der Waals surface area contributed by atoms with E-state index in [-0.39, 0.29) is 51.8 Å². The van der Waals surface area contributed by atoms with Crippen LogP contribution in [0.15, 0.2) is 12.7 Å². The van der Waals surface area contributed by atoms with E-state index >= 15 is 4.79 Å². The Morgan fingerprint density at radius 2 is 1.59 bits per heavy atom. The number of hydrogen-bond donors (Lipinski definition) is 4. The Bertz CT molecular complexity index is 1700. The topological polar surface area (TPSA) is 160 Å². The Balaban J connectivity index is 1.25. The number of carbonyl (C=O) groups excluding carboxylic acids is 5. The van der Waals surface area contributed by atoms with Crippen LogP contribution in [0.5, 0.6) is 0 Å². The van der Waals surface area contributed by atoms with Crippen LogP contribution in [0.1, 0.15) is 159 Å². The molecule has 0 aromatic carbocycles. The van der Waals surface area contributed by atoms with Crippen LogP contribution in [0.3, 0.4) is 0 Å². The fourth-order valence-corrected chi connectivity index (χ4v) is 16.3. The summed E-state index contributed by atoms with van der Waals surface area (Å²) in [5.41, 5.74) is -2.37. The summed E-state index contributed by atoms with van der Waals surface area (Å²) in [6.07, 6.45) is 14.7. The van der Waals surface area contributed by atoms with Gasteiger partial charge in [0.15, 0.2) is 0 Å². The molecule has 0 bridgehead atoms. The normalized spacial score (nSPS) is 30.3. The average Bonchev–Trinajstić information content (AvgIpc) is 3.92. The third-order valence-corrected chi connectivity index (χ3v) is 21.1. The van der Waals surface area contributed by atoms with Crippen molar-refractivity contribution in [2.75, 3.05) is 26.2 Å². The maximum absolute atomic E-state index is 15.3. The number of hydrogen-bond acceptors (Lipinski definition) is 7. The molecule has 4 aliphatic carbocycles. The number of rotatable bonds is 17. The first-order valence-corrected chi connectivity index (χ1v) is 27.8. The second-order valence-corrected chi connectivity index (χ2v) is 25.9. The second kappa shape index (κ2) is 18.6. The van der Waals surface area contributed by atoms with Crippen LogP contribution in [-0.2, 0) is 27.0 Å². The van der Waals surface area contributed by atoms with Crippen molar-refractivity contribution >= 4 is 49.8 Å². The van der Waals surface area contributed by atoms with Crippen molar-refractivity contribution in [3.05, 3.63) is 12.7 Å². The number of fused-ring (bicyclic) bond motifs is 1. The maximum atomic E-state index is 15.3. The van der Waals surface area contributed by atoms with Crippen LogP contribution in [0.25, 0.3) is 0 Å². The minimum absolute atomic E-state index is 0.0266. The predicted octanol–water partition coefficient (Wildman–Crippen LogP) is 5.36. The zero-order chi connectivity index (χ0) is 44.7. The summed E-state index contributed by atoms with van der Waals surface area (Å²) in [5.74, 6) is -2.01. The molecule has 0 aromatic heterocycles. The standard InChI is InChI=1S/C42H68N6O5.C5H12N.O.Sn/c1-9-28-23-42(28,37(43)53)46-34(50)30-24-41(39(7,8)40(41)19-15-20-40)25-48(30)36(52)33(38(4,5)6)45-35(51)32(27-16-11-10-12-17-27)44-31(49)22-29-18-13-14-21-47(29)26(2)3;1-3-5-6-4-2;;/h9,26-30,32-33H,1,10-25H2,2-8H3,(H5,43,44,45,46,49,50,51,53);3-5H2,1-2H3;;/q;-1;;+2/p-1/t28-,29+,30+,32+,33-,41-,42-;;;/m1.../s1. The van der Waals surface area contributed by atoms with Gasteiger partial charge in [0.2, 0.25) is 5.91 Å². The zero-order valence-corrected chi connectivity index (χ0v) is 41.9. The summed E-state index contributed by atoms with van der Waals surface area (Å²) in [6, 6.07) is -2.16. The molecule has 14 heteroatoms. The molecule has 2 spiro atoms. The molecule has 5 amide bonds. The molecule has 61 heavy (non-hydrogen) atoms. The molecular formula is C47H79N7O6Sn. The molecule has 4 saturated carbocycles. The van der Waals surface area contributed by atoms with Crippen LogP contribution in [0, 0.1) is 33.5 Å². The van der Waals surface area contributed by atoms with Crippen LogP contribution in [0.2, 0.25) is 0 Å². The predicted molar refractivity (Wildman–Crippen MR) is 238 cm³/mol. The van der Waals surface area contributed by atoms with Gasteiger partial charge in [-0.05, 0) is 52.0 Å². The Kier molecular flexibility index (Phi) is 14.7. The Hall–Kier alpha value is -2.39. The van der Waals surface area contributed by atoms with Gasteiger partial charge < -0.3 is 5.32 Å². The van der Waals surface area contributed by atoms with Crippen molar-refractivity contribution in [1.29, 1.82) is 0 Å². The van der Waals surface area contributed by atoms with Gasteiger partial charge in [-0.1, -0.05) is 25.7 Å². The van der Waals surface area contributed by atoms with Gasteiger partial charge in [0.25, 0.3) is 0 Å². The van der Waals surface area contributed by atoms with Gasteiger partial charge in [0.1, 0.15) is 0 Å². The third kappa shape index (κ3) is 9.01. The first-order chi connectivity index (χ1) is 28.7. The quantitative estimate of drug-likeness (QED) is 0.112. The molecule has 6 rings (SSSR count). The fourth-order valence-electron chi connectivity index (χ4n) is 12.6. The number of nitrogens with one attached hydrogen (secondary N) is 4. The van der Waals surface area contributed by atoms with Crippen molar-refractivity contribution in [2.24, 2.45) is 33.5 Å². The molecule has 0 aromatic rings. The van der Waals surface area contributed by atoms with Crippen molar-refractivity contribution in [2.45, 2.75) is 194 Å². The first-order valence-electron chi connectivity index (χ1n) is 23.9. The molecule has 13 nitrogen and oxygen atoms in total.